The third-order valence-electron chi connectivity index (χ3n) is 7.24. The lowest BCUT2D eigenvalue weighted by atomic mass is 9.85. The van der Waals surface area contributed by atoms with Crippen LogP contribution in [0.5, 0.6) is 11.5 Å². The molecule has 13 heteroatoms. The Morgan fingerprint density at radius 3 is 2.58 bits per heavy atom. The van der Waals surface area contributed by atoms with Crippen molar-refractivity contribution in [1.82, 2.24) is 0 Å². The summed E-state index contributed by atoms with van der Waals surface area (Å²) in [7, 11) is 1.32. The summed E-state index contributed by atoms with van der Waals surface area (Å²) in [6.07, 6.45) is -7.43. The highest BCUT2D eigenvalue weighted by Crippen LogP contribution is 2.59. The zero-order valence-electron chi connectivity index (χ0n) is 19.1. The minimum Gasteiger partial charge on any atom is -0.504 e. The number of epoxide rings is 1. The van der Waals surface area contributed by atoms with Crippen molar-refractivity contribution in [3.8, 4) is 11.5 Å². The zero-order chi connectivity index (χ0) is 25.8. The molecule has 6 N–H and O–H groups in total. The van der Waals surface area contributed by atoms with Crippen LogP contribution >= 0.6 is 0 Å². The number of carbonyl (C=O) groups is 1. The number of methoxy groups -OCH3 is 1. The molecule has 0 amide bonds. The second-order valence-corrected chi connectivity index (χ2v) is 9.21. The molecule has 3 fully saturated rings. The summed E-state index contributed by atoms with van der Waals surface area (Å²) in [6.45, 7) is -0.891. The minimum atomic E-state index is -1.71. The summed E-state index contributed by atoms with van der Waals surface area (Å²) >= 11 is 0. The van der Waals surface area contributed by atoms with E-state index < -0.39 is 79.2 Å². The first-order valence-electron chi connectivity index (χ1n) is 11.4. The van der Waals surface area contributed by atoms with Crippen LogP contribution in [0.4, 0.5) is 0 Å². The molecule has 2 saturated heterocycles. The smallest absolute Gasteiger partial charge is 0.338 e. The molecule has 13 nitrogen and oxygen atoms in total. The van der Waals surface area contributed by atoms with Crippen LogP contribution in [0.3, 0.4) is 0 Å². The number of fused-ring (bicyclic) bond motifs is 3. The van der Waals surface area contributed by atoms with Gasteiger partial charge in [-0.3, -0.25) is 0 Å². The topological polar surface area (TPSA) is 197 Å². The quantitative estimate of drug-likeness (QED) is 0.173. The average Bonchev–Trinajstić information content (AvgIpc) is 3.57. The van der Waals surface area contributed by atoms with Crippen LogP contribution < -0.4 is 4.74 Å². The van der Waals surface area contributed by atoms with Crippen molar-refractivity contribution in [2.45, 2.75) is 54.8 Å². The zero-order valence-corrected chi connectivity index (χ0v) is 19.1. The van der Waals surface area contributed by atoms with Gasteiger partial charge in [0.15, 0.2) is 17.8 Å². The molecular formula is C23H28O13. The van der Waals surface area contributed by atoms with Crippen LogP contribution in [-0.4, -0.2) is 112 Å². The van der Waals surface area contributed by atoms with E-state index >= 15 is 0 Å². The van der Waals surface area contributed by atoms with E-state index in [9.17, 15) is 35.4 Å². The Kier molecular flexibility index (Phi) is 6.59. The number of hydrogen-bond donors (Lipinski definition) is 6. The molecule has 0 aromatic heterocycles. The van der Waals surface area contributed by atoms with Gasteiger partial charge in [0.1, 0.15) is 42.7 Å². The van der Waals surface area contributed by atoms with Gasteiger partial charge >= 0.3 is 5.97 Å². The fourth-order valence-corrected chi connectivity index (χ4v) is 5.21. The number of phenolic OH excluding ortho intramolecular Hbond substituents is 1. The van der Waals surface area contributed by atoms with Crippen LogP contribution in [0.25, 0.3) is 0 Å². The molecule has 36 heavy (non-hydrogen) atoms. The van der Waals surface area contributed by atoms with Crippen molar-refractivity contribution < 1.29 is 63.9 Å². The lowest BCUT2D eigenvalue weighted by Gasteiger charge is -2.43. The first-order valence-corrected chi connectivity index (χ1v) is 11.4. The highest BCUT2D eigenvalue weighted by atomic mass is 16.8. The minimum absolute atomic E-state index is 0.0600. The van der Waals surface area contributed by atoms with Crippen LogP contribution in [-0.2, 0) is 23.7 Å². The van der Waals surface area contributed by atoms with E-state index in [1.807, 2.05) is 0 Å². The van der Waals surface area contributed by atoms with Crippen LogP contribution in [0, 0.1) is 11.8 Å². The Labute approximate surface area is 205 Å². The molecule has 1 aromatic carbocycles. The molecule has 1 aromatic rings. The molecular weight excluding hydrogens is 484 g/mol. The van der Waals surface area contributed by atoms with Gasteiger partial charge in [-0.25, -0.2) is 4.79 Å². The van der Waals surface area contributed by atoms with Gasteiger partial charge in [-0.15, -0.1) is 0 Å². The van der Waals surface area contributed by atoms with Crippen molar-refractivity contribution in [2.75, 3.05) is 20.3 Å². The SMILES string of the molecule is COc1cc(C(=O)OC[C@@H]2O[C@@H](O[C@H]3OC=C[C@@H]4[C@H](O)[C@@H]5O[C@]5(CO)[C@@H]34)[C@H](O)[C@@H](O)[C@@H]2O)ccc1O. The second kappa shape index (κ2) is 9.43. The number of esters is 1. The predicted octanol–water partition coefficient (Wildman–Crippen LogP) is -2.01. The molecule has 0 spiro atoms. The van der Waals surface area contributed by atoms with Gasteiger partial charge in [-0.2, -0.15) is 0 Å². The number of aliphatic hydroxyl groups is 5. The summed E-state index contributed by atoms with van der Waals surface area (Å²) in [5.74, 6) is -1.99. The molecule has 0 bridgehead atoms. The van der Waals surface area contributed by atoms with E-state index in [0.29, 0.717) is 0 Å². The maximum Gasteiger partial charge on any atom is 0.338 e. The average molecular weight is 512 g/mol. The van der Waals surface area contributed by atoms with Crippen molar-refractivity contribution in [2.24, 2.45) is 11.8 Å². The molecule has 0 unspecified atom stereocenters. The van der Waals surface area contributed by atoms with Crippen molar-refractivity contribution in [1.29, 1.82) is 0 Å². The summed E-state index contributed by atoms with van der Waals surface area (Å²) in [5, 5.41) is 61.3. The number of phenols is 1. The molecule has 3 heterocycles. The summed E-state index contributed by atoms with van der Waals surface area (Å²) in [6, 6.07) is 3.84. The number of hydrogen-bond acceptors (Lipinski definition) is 13. The number of benzene rings is 1. The Balaban J connectivity index is 1.26. The molecule has 3 aliphatic heterocycles. The van der Waals surface area contributed by atoms with Gasteiger partial charge in [-0.1, -0.05) is 0 Å². The van der Waals surface area contributed by atoms with E-state index in [-0.39, 0.29) is 23.7 Å². The van der Waals surface area contributed by atoms with E-state index in [2.05, 4.69) is 0 Å². The van der Waals surface area contributed by atoms with E-state index in [0.717, 1.165) is 0 Å². The molecule has 1 saturated carbocycles. The number of carbonyl (C=O) groups excluding carboxylic acids is 1. The highest BCUT2D eigenvalue weighted by Gasteiger charge is 2.75. The lowest BCUT2D eigenvalue weighted by molar-refractivity contribution is -0.344. The Bertz CT molecular complexity index is 1020. The predicted molar refractivity (Wildman–Crippen MR) is 114 cm³/mol. The maximum atomic E-state index is 12.5. The highest BCUT2D eigenvalue weighted by molar-refractivity contribution is 5.90. The van der Waals surface area contributed by atoms with Crippen LogP contribution in [0.1, 0.15) is 10.4 Å². The second-order valence-electron chi connectivity index (χ2n) is 9.21. The largest absolute Gasteiger partial charge is 0.504 e. The third kappa shape index (κ3) is 4.01. The summed E-state index contributed by atoms with van der Waals surface area (Å²) in [4.78, 5) is 12.5. The van der Waals surface area contributed by atoms with Crippen LogP contribution in [0.15, 0.2) is 30.5 Å². The van der Waals surface area contributed by atoms with Gasteiger partial charge in [0.2, 0.25) is 6.29 Å². The van der Waals surface area contributed by atoms with E-state index in [1.165, 1.54) is 31.6 Å². The monoisotopic (exact) mass is 512 g/mol. The van der Waals surface area contributed by atoms with Gasteiger partial charge in [0.05, 0.1) is 37.6 Å². The van der Waals surface area contributed by atoms with E-state index in [1.54, 1.807) is 6.08 Å². The molecule has 4 aliphatic rings. The molecule has 0 radical (unpaired) electrons. The Morgan fingerprint density at radius 2 is 1.86 bits per heavy atom. The van der Waals surface area contributed by atoms with Gasteiger partial charge in [0.25, 0.3) is 0 Å². The summed E-state index contributed by atoms with van der Waals surface area (Å²) in [5.41, 5.74) is -1.01. The number of aromatic hydroxyl groups is 1. The molecule has 198 valence electrons. The first-order chi connectivity index (χ1) is 17.2. The first kappa shape index (κ1) is 25.2. The maximum absolute atomic E-state index is 12.5. The third-order valence-corrected chi connectivity index (χ3v) is 7.24. The number of ether oxygens (including phenoxy) is 6. The van der Waals surface area contributed by atoms with Gasteiger partial charge < -0.3 is 59.1 Å². The number of aliphatic hydroxyl groups excluding tert-OH is 5. The van der Waals surface area contributed by atoms with Crippen molar-refractivity contribution in [3.63, 3.8) is 0 Å². The molecule has 11 atom stereocenters. The fourth-order valence-electron chi connectivity index (χ4n) is 5.21. The normalized spacial score (nSPS) is 42.7. The van der Waals surface area contributed by atoms with Crippen molar-refractivity contribution in [3.05, 3.63) is 36.1 Å². The lowest BCUT2D eigenvalue weighted by Crippen LogP contribution is -2.60. The standard InChI is InChI=1S/C23H28O13/c1-31-12-6-9(2-3-11(12)25)20(30)33-7-13-16(27)17(28)18(29)22(34-13)35-21-14-10(4-5-32-21)15(26)19-23(14,8-24)36-19/h2-6,10,13-19,21-22,24-29H,7-8H2,1H3/t10-,13-,14+,15-,16+,17-,18+,19-,21+,22-,23+/m0/s1. The van der Waals surface area contributed by atoms with E-state index in [4.69, 9.17) is 28.4 Å². The van der Waals surface area contributed by atoms with Gasteiger partial charge in [0, 0.05) is 5.92 Å². The van der Waals surface area contributed by atoms with Gasteiger partial charge in [-0.05, 0) is 24.3 Å². The van der Waals surface area contributed by atoms with Crippen molar-refractivity contribution >= 4 is 5.97 Å². The number of rotatable bonds is 7. The van der Waals surface area contributed by atoms with Crippen LogP contribution in [0.2, 0.25) is 0 Å². The molecule has 1 aliphatic carbocycles. The Hall–Kier alpha value is -2.49. The summed E-state index contributed by atoms with van der Waals surface area (Å²) < 4.78 is 32.7. The molecule has 5 rings (SSSR count). The Morgan fingerprint density at radius 1 is 1.08 bits per heavy atom. The fraction of sp³-hybridized carbons (Fsp3) is 0.609.